The first-order valence-corrected chi connectivity index (χ1v) is 12.9. The molecule has 13 nitrogen and oxygen atoms in total. The molecule has 3 aliphatic heterocycles. The average Bonchev–Trinajstić information content (AvgIpc) is 3.15. The van der Waals surface area contributed by atoms with E-state index in [1.54, 1.807) is 7.05 Å². The molecule has 33 heavy (non-hydrogen) atoms. The second-order valence-electron chi connectivity index (χ2n) is 6.83. The lowest BCUT2D eigenvalue weighted by molar-refractivity contribution is -0.192. The maximum Gasteiger partial charge on any atom is 0.352 e. The first-order valence-electron chi connectivity index (χ1n) is 9.15. The van der Waals surface area contributed by atoms with E-state index in [-0.39, 0.29) is 11.4 Å². The van der Waals surface area contributed by atoms with Gasteiger partial charge in [-0.1, -0.05) is 35.3 Å². The van der Waals surface area contributed by atoms with Crippen LogP contribution in [-0.2, 0) is 31.0 Å². The van der Waals surface area contributed by atoms with Crippen molar-refractivity contribution in [3.63, 3.8) is 0 Å². The summed E-state index contributed by atoms with van der Waals surface area (Å²) in [4.78, 5) is 49.9. The topological polar surface area (TPSA) is 183 Å². The van der Waals surface area contributed by atoms with E-state index in [0.717, 1.165) is 28.4 Å². The molecular weight excluding hydrogens is 514 g/mol. The van der Waals surface area contributed by atoms with Gasteiger partial charge in [0.1, 0.15) is 15.7 Å². The van der Waals surface area contributed by atoms with E-state index in [2.05, 4.69) is 20.8 Å². The number of nitrogens with two attached hydrogens (primary N) is 1. The highest BCUT2D eigenvalue weighted by Gasteiger charge is 2.67. The van der Waals surface area contributed by atoms with Gasteiger partial charge in [0.05, 0.1) is 0 Å². The van der Waals surface area contributed by atoms with Crippen LogP contribution in [0.2, 0.25) is 0 Å². The second kappa shape index (κ2) is 9.21. The summed E-state index contributed by atoms with van der Waals surface area (Å²) < 4.78 is 6.91. The van der Waals surface area contributed by atoms with Crippen LogP contribution in [0.5, 0.6) is 0 Å². The fourth-order valence-electron chi connectivity index (χ4n) is 3.30. The van der Waals surface area contributed by atoms with Crippen molar-refractivity contribution in [1.29, 1.82) is 0 Å². The Morgan fingerprint density at radius 2 is 2.15 bits per heavy atom. The SMILES string of the molecule is CO[C@@]1(NC(=O)C2SC(=CC(N)=O)S2)C(=O)N2C(C(=O)O)=C(CSc3nnnn3C)CS[C@@H]21. The third-order valence-electron chi connectivity index (χ3n) is 4.82. The summed E-state index contributed by atoms with van der Waals surface area (Å²) in [6, 6.07) is 0. The van der Waals surface area contributed by atoms with Crippen LogP contribution < -0.4 is 11.1 Å². The highest BCUT2D eigenvalue weighted by molar-refractivity contribution is 8.39. The molecule has 176 valence electrons. The third-order valence-corrected chi connectivity index (χ3v) is 10.0. The number of aryl methyl sites for hydroxylation is 1. The highest BCUT2D eigenvalue weighted by Crippen LogP contribution is 2.52. The Bertz CT molecular complexity index is 1100. The lowest BCUT2D eigenvalue weighted by Crippen LogP contribution is -2.81. The minimum atomic E-state index is -1.68. The molecule has 0 aliphatic carbocycles. The first kappa shape index (κ1) is 23.9. The average molecular weight is 532 g/mol. The van der Waals surface area contributed by atoms with Crippen LogP contribution in [0.15, 0.2) is 26.7 Å². The first-order chi connectivity index (χ1) is 15.7. The van der Waals surface area contributed by atoms with Crippen LogP contribution in [0.1, 0.15) is 0 Å². The Labute approximate surface area is 203 Å². The smallest absolute Gasteiger partial charge is 0.352 e. The van der Waals surface area contributed by atoms with Gasteiger partial charge in [-0.15, -0.1) is 16.9 Å². The van der Waals surface area contributed by atoms with Crippen LogP contribution in [0, 0.1) is 0 Å². The number of fused-ring (bicyclic) bond motifs is 1. The summed E-state index contributed by atoms with van der Waals surface area (Å²) in [6.45, 7) is 0. The van der Waals surface area contributed by atoms with Crippen molar-refractivity contribution in [2.45, 2.75) is 20.8 Å². The van der Waals surface area contributed by atoms with Crippen molar-refractivity contribution in [3.8, 4) is 0 Å². The number of carboxylic acid groups (broad SMARTS) is 1. The number of methoxy groups -OCH3 is 1. The number of hydrogen-bond donors (Lipinski definition) is 3. The van der Waals surface area contributed by atoms with Crippen LogP contribution in [0.25, 0.3) is 0 Å². The number of hydrogen-bond acceptors (Lipinski definition) is 12. The van der Waals surface area contributed by atoms with Crippen LogP contribution in [0.4, 0.5) is 0 Å². The minimum absolute atomic E-state index is 0.132. The zero-order chi connectivity index (χ0) is 23.9. The Kier molecular flexibility index (Phi) is 6.68. The molecule has 4 N–H and O–H groups in total. The molecule has 2 atom stereocenters. The van der Waals surface area contributed by atoms with Gasteiger partial charge in [0.2, 0.25) is 17.0 Å². The number of rotatable bonds is 8. The minimum Gasteiger partial charge on any atom is -0.477 e. The van der Waals surface area contributed by atoms with Gasteiger partial charge in [-0.25, -0.2) is 9.48 Å². The number of β-lactam (4-membered cyclic amide) rings is 1. The standard InChI is InChI=1S/C16H17N7O6S4/c1-22-15(19-20-21-22)31-5-6-4-30-14-16(29-2,13(28)23(14)9(6)11(26)27)18-10(25)12-32-8(33-12)3-7(17)24/h3,12,14H,4-5H2,1-2H3,(H2,17,24)(H,18,25)(H,26,27)/t12?,14-,16+/m1/s1. The lowest BCUT2D eigenvalue weighted by atomic mass is 9.98. The van der Waals surface area contributed by atoms with Gasteiger partial charge in [0, 0.05) is 36.0 Å². The highest BCUT2D eigenvalue weighted by atomic mass is 32.3. The summed E-state index contributed by atoms with van der Waals surface area (Å²) in [7, 11) is 2.95. The van der Waals surface area contributed by atoms with Crippen molar-refractivity contribution >= 4 is 70.7 Å². The molecule has 0 aromatic carbocycles. The zero-order valence-electron chi connectivity index (χ0n) is 17.1. The van der Waals surface area contributed by atoms with Gasteiger partial charge < -0.3 is 20.9 Å². The van der Waals surface area contributed by atoms with E-state index in [9.17, 15) is 24.3 Å². The maximum absolute atomic E-state index is 13.1. The van der Waals surface area contributed by atoms with Gasteiger partial charge in [-0.2, -0.15) is 0 Å². The summed E-state index contributed by atoms with van der Waals surface area (Å²) in [6.07, 6.45) is 1.22. The van der Waals surface area contributed by atoms with E-state index in [1.165, 1.54) is 41.4 Å². The molecule has 0 radical (unpaired) electrons. The molecule has 0 spiro atoms. The predicted octanol–water partition coefficient (Wildman–Crippen LogP) is -0.852. The Balaban J connectivity index is 1.49. The molecule has 4 heterocycles. The van der Waals surface area contributed by atoms with Crippen LogP contribution >= 0.6 is 47.0 Å². The molecule has 0 unspecified atom stereocenters. The molecule has 2 fully saturated rings. The molecule has 1 aromatic heterocycles. The van der Waals surface area contributed by atoms with Gasteiger partial charge >= 0.3 is 5.97 Å². The fourth-order valence-corrected chi connectivity index (χ4v) is 7.78. The number of nitrogens with one attached hydrogen (secondary N) is 1. The lowest BCUT2D eigenvalue weighted by Gasteiger charge is -2.56. The van der Waals surface area contributed by atoms with Crippen molar-refractivity contribution in [2.75, 3.05) is 18.6 Å². The van der Waals surface area contributed by atoms with Crippen molar-refractivity contribution < 1.29 is 29.0 Å². The Morgan fingerprint density at radius 3 is 2.73 bits per heavy atom. The zero-order valence-corrected chi connectivity index (χ0v) is 20.3. The number of ether oxygens (including phenoxy) is 1. The summed E-state index contributed by atoms with van der Waals surface area (Å²) in [5, 5.41) is 23.4. The van der Waals surface area contributed by atoms with Gasteiger partial charge in [-0.05, 0) is 16.0 Å². The fraction of sp³-hybridized carbons (Fsp3) is 0.438. The summed E-state index contributed by atoms with van der Waals surface area (Å²) in [5.41, 5.74) is 3.82. The van der Waals surface area contributed by atoms with Crippen molar-refractivity contribution in [1.82, 2.24) is 30.4 Å². The maximum atomic E-state index is 13.1. The van der Waals surface area contributed by atoms with E-state index < -0.39 is 39.4 Å². The molecule has 3 aliphatic rings. The molecule has 4 rings (SSSR count). The summed E-state index contributed by atoms with van der Waals surface area (Å²) >= 11 is 4.82. The molecule has 2 saturated heterocycles. The van der Waals surface area contributed by atoms with Crippen LogP contribution in [0.3, 0.4) is 0 Å². The van der Waals surface area contributed by atoms with Crippen LogP contribution in [-0.4, -0.2) is 88.2 Å². The van der Waals surface area contributed by atoms with Gasteiger partial charge in [0.15, 0.2) is 0 Å². The second-order valence-corrected chi connectivity index (χ2v) is 11.7. The van der Waals surface area contributed by atoms with E-state index in [0.29, 0.717) is 20.7 Å². The number of aliphatic carboxylic acids is 1. The van der Waals surface area contributed by atoms with Gasteiger partial charge in [-0.3, -0.25) is 19.3 Å². The number of carbonyl (C=O) groups is 4. The molecule has 0 saturated carbocycles. The largest absolute Gasteiger partial charge is 0.477 e. The quantitative estimate of drug-likeness (QED) is 0.163. The predicted molar refractivity (Wildman–Crippen MR) is 121 cm³/mol. The third kappa shape index (κ3) is 4.23. The number of tetrazole rings is 1. The van der Waals surface area contributed by atoms with Crippen molar-refractivity contribution in [3.05, 3.63) is 21.6 Å². The van der Waals surface area contributed by atoms with E-state index in [4.69, 9.17) is 10.5 Å². The number of carboxylic acids is 1. The Hall–Kier alpha value is -2.21. The van der Waals surface area contributed by atoms with Gasteiger partial charge in [0.25, 0.3) is 11.6 Å². The molecule has 0 bridgehead atoms. The number of aromatic nitrogens is 4. The molecular formula is C16H17N7O6S4. The normalized spacial score (nSPS) is 26.3. The van der Waals surface area contributed by atoms with E-state index >= 15 is 0 Å². The number of nitrogens with zero attached hydrogens (tertiary/aromatic N) is 5. The van der Waals surface area contributed by atoms with E-state index in [1.807, 2.05) is 0 Å². The number of thioether (sulfide) groups is 4. The number of primary amides is 1. The Morgan fingerprint density at radius 1 is 1.42 bits per heavy atom. The molecule has 3 amide bonds. The van der Waals surface area contributed by atoms with Crippen molar-refractivity contribution in [2.24, 2.45) is 12.8 Å². The number of carbonyl (C=O) groups excluding carboxylic acids is 3. The number of amides is 3. The summed E-state index contributed by atoms with van der Waals surface area (Å²) in [5.74, 6) is -2.41. The monoisotopic (exact) mass is 531 g/mol. The molecule has 1 aromatic rings. The molecule has 17 heteroatoms.